The largest absolute Gasteiger partial charge is 0.393 e. The molecule has 2 heterocycles. The van der Waals surface area contributed by atoms with Crippen LogP contribution in [-0.4, -0.2) is 31.0 Å². The van der Waals surface area contributed by atoms with Crippen molar-refractivity contribution in [1.29, 1.82) is 0 Å². The molecule has 0 bridgehead atoms. The number of aliphatic hydroxyl groups excluding tert-OH is 1. The van der Waals surface area contributed by atoms with Crippen molar-refractivity contribution in [2.45, 2.75) is 32.8 Å². The fourth-order valence-corrected chi connectivity index (χ4v) is 2.50. The molecule has 27 heavy (non-hydrogen) atoms. The Bertz CT molecular complexity index is 960. The number of benzene rings is 1. The molecule has 3 aromatic rings. The lowest BCUT2D eigenvalue weighted by atomic mass is 10.2. The molecule has 0 saturated heterocycles. The van der Waals surface area contributed by atoms with Gasteiger partial charge < -0.3 is 10.4 Å². The van der Waals surface area contributed by atoms with Gasteiger partial charge in [-0.1, -0.05) is 6.92 Å². The lowest BCUT2D eigenvalue weighted by molar-refractivity contribution is 0.167. The number of aliphatic hydroxyl groups is 1. The van der Waals surface area contributed by atoms with Crippen LogP contribution >= 0.6 is 0 Å². The van der Waals surface area contributed by atoms with Crippen LogP contribution in [-0.2, 0) is 6.42 Å². The molecular weight excluding hydrogens is 359 g/mol. The normalized spacial score (nSPS) is 12.2. The van der Waals surface area contributed by atoms with Crippen LogP contribution in [0.4, 0.5) is 24.8 Å². The summed E-state index contributed by atoms with van der Waals surface area (Å²) in [7, 11) is 0. The van der Waals surface area contributed by atoms with Gasteiger partial charge in [-0.2, -0.15) is 4.98 Å². The van der Waals surface area contributed by atoms with Crippen LogP contribution in [0, 0.1) is 24.4 Å². The van der Waals surface area contributed by atoms with Gasteiger partial charge in [-0.05, 0) is 37.6 Å². The Kier molecular flexibility index (Phi) is 5.41. The number of nitrogens with one attached hydrogen (secondary N) is 1. The molecule has 0 radical (unpaired) electrons. The van der Waals surface area contributed by atoms with Crippen molar-refractivity contribution >= 4 is 11.6 Å². The number of hydrogen-bond acceptors (Lipinski definition) is 5. The minimum absolute atomic E-state index is 0.00678. The van der Waals surface area contributed by atoms with E-state index in [9.17, 15) is 18.3 Å². The zero-order chi connectivity index (χ0) is 19.6. The highest BCUT2D eigenvalue weighted by Crippen LogP contribution is 2.23. The fraction of sp³-hybridized carbons (Fsp3) is 0.278. The summed E-state index contributed by atoms with van der Waals surface area (Å²) >= 11 is 0. The van der Waals surface area contributed by atoms with Crippen molar-refractivity contribution in [2.75, 3.05) is 5.32 Å². The molecule has 142 valence electrons. The highest BCUT2D eigenvalue weighted by atomic mass is 19.2. The number of hydrogen-bond donors (Lipinski definition) is 2. The van der Waals surface area contributed by atoms with E-state index in [2.05, 4.69) is 20.4 Å². The molecule has 2 aromatic heterocycles. The predicted octanol–water partition coefficient (Wildman–Crippen LogP) is 3.45. The quantitative estimate of drug-likeness (QED) is 0.644. The molecule has 0 aliphatic heterocycles. The second-order valence-corrected chi connectivity index (χ2v) is 6.03. The highest BCUT2D eigenvalue weighted by Gasteiger charge is 2.18. The van der Waals surface area contributed by atoms with Gasteiger partial charge in [-0.15, -0.1) is 5.10 Å². The average molecular weight is 377 g/mol. The fourth-order valence-electron chi connectivity index (χ4n) is 2.50. The van der Waals surface area contributed by atoms with Crippen molar-refractivity contribution in [3.05, 3.63) is 59.4 Å². The topological polar surface area (TPSA) is 75.9 Å². The number of nitrogens with zero attached hydrogens (tertiary/aromatic N) is 4. The monoisotopic (exact) mass is 377 g/mol. The molecule has 0 fully saturated rings. The van der Waals surface area contributed by atoms with Gasteiger partial charge in [0.2, 0.25) is 5.95 Å². The van der Waals surface area contributed by atoms with Crippen LogP contribution in [0.3, 0.4) is 0 Å². The maximum Gasteiger partial charge on any atom is 0.247 e. The van der Waals surface area contributed by atoms with E-state index < -0.39 is 23.6 Å². The first-order valence-electron chi connectivity index (χ1n) is 8.36. The first-order valence-corrected chi connectivity index (χ1v) is 8.36. The summed E-state index contributed by atoms with van der Waals surface area (Å²) in [5.74, 6) is -3.80. The van der Waals surface area contributed by atoms with Crippen LogP contribution in [0.5, 0.6) is 0 Å². The summed E-state index contributed by atoms with van der Waals surface area (Å²) in [5, 5.41) is 16.8. The summed E-state index contributed by atoms with van der Waals surface area (Å²) in [6, 6.07) is 5.36. The standard InChI is InChI=1S/C18H18F3N5O/c1-3-12(27)9-15-24-18(23-14-5-4-13(19)16(20)17(14)21)25-26(15)11-6-7-22-10(2)8-11/h4-8,12,27H,3,9H2,1-2H3,(H,23,25)/t12-/m0/s1. The third-order valence-corrected chi connectivity index (χ3v) is 3.97. The van der Waals surface area contributed by atoms with Gasteiger partial charge in [-0.25, -0.2) is 17.9 Å². The molecule has 0 aliphatic rings. The summed E-state index contributed by atoms with van der Waals surface area (Å²) < 4.78 is 41.9. The summed E-state index contributed by atoms with van der Waals surface area (Å²) in [6.45, 7) is 3.65. The van der Waals surface area contributed by atoms with Crippen LogP contribution in [0.25, 0.3) is 5.69 Å². The Morgan fingerprint density at radius 1 is 1.19 bits per heavy atom. The molecule has 3 rings (SSSR count). The maximum atomic E-state index is 13.9. The molecule has 1 aromatic carbocycles. The Hall–Kier alpha value is -2.94. The van der Waals surface area contributed by atoms with Gasteiger partial charge in [0.15, 0.2) is 17.5 Å². The molecule has 0 amide bonds. The van der Waals surface area contributed by atoms with Crippen molar-refractivity contribution in [3.8, 4) is 5.69 Å². The zero-order valence-electron chi connectivity index (χ0n) is 14.7. The van der Waals surface area contributed by atoms with Crippen molar-refractivity contribution < 1.29 is 18.3 Å². The average Bonchev–Trinajstić information content (AvgIpc) is 3.04. The van der Waals surface area contributed by atoms with Gasteiger partial charge in [-0.3, -0.25) is 4.98 Å². The Balaban J connectivity index is 1.99. The molecule has 1 atom stereocenters. The van der Waals surface area contributed by atoms with Gasteiger partial charge in [0.1, 0.15) is 5.82 Å². The second kappa shape index (κ2) is 7.75. The number of rotatable bonds is 6. The van der Waals surface area contributed by atoms with Crippen LogP contribution in [0.2, 0.25) is 0 Å². The van der Waals surface area contributed by atoms with Crippen molar-refractivity contribution in [2.24, 2.45) is 0 Å². The highest BCUT2D eigenvalue weighted by molar-refractivity contribution is 5.54. The van der Waals surface area contributed by atoms with Gasteiger partial charge in [0.05, 0.1) is 17.5 Å². The minimum Gasteiger partial charge on any atom is -0.393 e. The smallest absolute Gasteiger partial charge is 0.247 e. The van der Waals surface area contributed by atoms with Crippen molar-refractivity contribution in [3.63, 3.8) is 0 Å². The summed E-state index contributed by atoms with van der Waals surface area (Å²) in [5.41, 5.74) is 1.12. The lowest BCUT2D eigenvalue weighted by Crippen LogP contribution is -2.13. The minimum atomic E-state index is -1.58. The SMILES string of the molecule is CC[C@H](O)Cc1nc(Nc2ccc(F)c(F)c2F)nn1-c1ccnc(C)c1. The van der Waals surface area contributed by atoms with Crippen LogP contribution in [0.15, 0.2) is 30.5 Å². The first kappa shape index (κ1) is 18.8. The summed E-state index contributed by atoms with van der Waals surface area (Å²) in [4.78, 5) is 8.39. The Labute approximate surface area is 153 Å². The lowest BCUT2D eigenvalue weighted by Gasteiger charge is -2.09. The van der Waals surface area contributed by atoms with Gasteiger partial charge in [0, 0.05) is 18.3 Å². The van der Waals surface area contributed by atoms with Crippen molar-refractivity contribution in [1.82, 2.24) is 19.7 Å². The molecule has 9 heteroatoms. The second-order valence-electron chi connectivity index (χ2n) is 6.03. The van der Waals surface area contributed by atoms with E-state index in [1.54, 1.807) is 18.3 Å². The number of aryl methyl sites for hydroxylation is 1. The molecule has 0 spiro atoms. The van der Waals surface area contributed by atoms with Crippen LogP contribution in [0.1, 0.15) is 24.9 Å². The number of halogens is 3. The molecular formula is C18H18F3N5O. The van der Waals surface area contributed by atoms with E-state index in [0.717, 1.165) is 17.8 Å². The van der Waals surface area contributed by atoms with E-state index in [0.29, 0.717) is 17.9 Å². The Morgan fingerprint density at radius 2 is 1.96 bits per heavy atom. The van der Waals surface area contributed by atoms with E-state index in [4.69, 9.17) is 0 Å². The van der Waals surface area contributed by atoms with E-state index >= 15 is 0 Å². The predicted molar refractivity (Wildman–Crippen MR) is 93.5 cm³/mol. The van der Waals surface area contributed by atoms with E-state index in [1.165, 1.54) is 4.68 Å². The van der Waals surface area contributed by atoms with Crippen LogP contribution < -0.4 is 5.32 Å². The van der Waals surface area contributed by atoms with Gasteiger partial charge >= 0.3 is 0 Å². The number of pyridine rings is 1. The molecule has 0 aliphatic carbocycles. The molecule has 0 unspecified atom stereocenters. The molecule has 6 nitrogen and oxygen atoms in total. The zero-order valence-corrected chi connectivity index (χ0v) is 14.7. The third kappa shape index (κ3) is 4.08. The van der Waals surface area contributed by atoms with E-state index in [-0.39, 0.29) is 18.1 Å². The van der Waals surface area contributed by atoms with E-state index in [1.807, 2.05) is 13.8 Å². The number of anilines is 2. The maximum absolute atomic E-state index is 13.9. The van der Waals surface area contributed by atoms with Gasteiger partial charge in [0.25, 0.3) is 0 Å². The molecule has 0 saturated carbocycles. The molecule has 2 N–H and O–H groups in total. The summed E-state index contributed by atoms with van der Waals surface area (Å²) in [6.07, 6.45) is 1.70. The number of aromatic nitrogens is 4. The third-order valence-electron chi connectivity index (χ3n) is 3.97. The Morgan fingerprint density at radius 3 is 2.67 bits per heavy atom. The first-order chi connectivity index (χ1) is 12.9.